The monoisotopic (exact) mass is 275 g/mol. The molecule has 0 bridgehead atoms. The molecule has 0 amide bonds. The third-order valence-corrected chi connectivity index (χ3v) is 3.50. The molecule has 0 aliphatic heterocycles. The molecule has 2 aromatic rings. The molecule has 1 atom stereocenters. The number of aromatic nitrogens is 4. The van der Waals surface area contributed by atoms with E-state index in [2.05, 4.69) is 25.7 Å². The van der Waals surface area contributed by atoms with E-state index in [4.69, 9.17) is 9.26 Å². The predicted octanol–water partition coefficient (Wildman–Crippen LogP) is 1.08. The number of methoxy groups -OCH3 is 1. The van der Waals surface area contributed by atoms with E-state index in [1.807, 2.05) is 7.05 Å². The maximum atomic E-state index is 5.29. The van der Waals surface area contributed by atoms with Crippen LogP contribution >= 0.6 is 0 Å². The Morgan fingerprint density at radius 2 is 2.25 bits per heavy atom. The first kappa shape index (κ1) is 13.0. The van der Waals surface area contributed by atoms with Gasteiger partial charge in [0.2, 0.25) is 17.6 Å². The van der Waals surface area contributed by atoms with E-state index in [1.165, 1.54) is 12.8 Å². The van der Waals surface area contributed by atoms with Crippen LogP contribution in [0.1, 0.15) is 18.7 Å². The van der Waals surface area contributed by atoms with Gasteiger partial charge in [0, 0.05) is 18.5 Å². The molecule has 3 rings (SSSR count). The summed E-state index contributed by atoms with van der Waals surface area (Å²) in [5, 5.41) is 15.2. The second-order valence-electron chi connectivity index (χ2n) is 4.91. The Morgan fingerprint density at radius 1 is 1.40 bits per heavy atom. The molecule has 0 saturated heterocycles. The topological polar surface area (TPSA) is 86.0 Å². The molecule has 1 fully saturated rings. The van der Waals surface area contributed by atoms with Gasteiger partial charge in [-0.05, 0) is 31.9 Å². The van der Waals surface area contributed by atoms with Crippen LogP contribution in [0.4, 0.5) is 0 Å². The minimum absolute atomic E-state index is 0.408. The molecule has 1 N–H and O–H groups in total. The van der Waals surface area contributed by atoms with Crippen LogP contribution in [0.25, 0.3) is 11.5 Å². The zero-order chi connectivity index (χ0) is 13.9. The first-order valence-corrected chi connectivity index (χ1v) is 6.68. The Labute approximate surface area is 116 Å². The Kier molecular flexibility index (Phi) is 3.60. The Balaban J connectivity index is 1.71. The largest absolute Gasteiger partial charge is 0.480 e. The highest BCUT2D eigenvalue weighted by atomic mass is 16.5. The molecular formula is C13H17N5O2. The molecule has 0 spiro atoms. The normalized spacial score (nSPS) is 16.1. The van der Waals surface area contributed by atoms with Gasteiger partial charge in [0.15, 0.2) is 0 Å². The van der Waals surface area contributed by atoms with Crippen LogP contribution in [0.5, 0.6) is 5.88 Å². The highest BCUT2D eigenvalue weighted by molar-refractivity contribution is 5.47. The fourth-order valence-corrected chi connectivity index (χ4v) is 2.18. The van der Waals surface area contributed by atoms with E-state index in [-0.39, 0.29) is 0 Å². The highest BCUT2D eigenvalue weighted by Gasteiger charge is 2.31. The van der Waals surface area contributed by atoms with Gasteiger partial charge in [0.25, 0.3) is 0 Å². The number of likely N-dealkylation sites (N-methyl/N-ethyl adjacent to an activating group) is 1. The molecule has 2 aromatic heterocycles. The first-order chi connectivity index (χ1) is 9.80. The van der Waals surface area contributed by atoms with E-state index >= 15 is 0 Å². The average Bonchev–Trinajstić information content (AvgIpc) is 3.24. The minimum Gasteiger partial charge on any atom is -0.480 e. The summed E-state index contributed by atoms with van der Waals surface area (Å²) in [5.74, 6) is 2.28. The van der Waals surface area contributed by atoms with Crippen LogP contribution in [-0.2, 0) is 6.42 Å². The van der Waals surface area contributed by atoms with Crippen LogP contribution in [0.2, 0.25) is 0 Å². The zero-order valence-corrected chi connectivity index (χ0v) is 11.5. The van der Waals surface area contributed by atoms with Gasteiger partial charge in [-0.1, -0.05) is 5.16 Å². The summed E-state index contributed by atoms with van der Waals surface area (Å²) in [5.41, 5.74) is 0.577. The van der Waals surface area contributed by atoms with E-state index < -0.39 is 0 Å². The summed E-state index contributed by atoms with van der Waals surface area (Å²) in [6.45, 7) is 0. The van der Waals surface area contributed by atoms with Gasteiger partial charge in [0.05, 0.1) is 7.11 Å². The average molecular weight is 275 g/mol. The van der Waals surface area contributed by atoms with Crippen LogP contribution in [0.3, 0.4) is 0 Å². The van der Waals surface area contributed by atoms with Gasteiger partial charge < -0.3 is 14.6 Å². The van der Waals surface area contributed by atoms with Gasteiger partial charge in [-0.15, -0.1) is 10.2 Å². The summed E-state index contributed by atoms with van der Waals surface area (Å²) in [6.07, 6.45) is 3.30. The van der Waals surface area contributed by atoms with Gasteiger partial charge in [-0.25, -0.2) is 0 Å². The van der Waals surface area contributed by atoms with Crippen LogP contribution in [-0.4, -0.2) is 40.5 Å². The lowest BCUT2D eigenvalue weighted by atomic mass is 10.1. The maximum Gasteiger partial charge on any atom is 0.233 e. The van der Waals surface area contributed by atoms with Crippen molar-refractivity contribution in [2.45, 2.75) is 25.3 Å². The van der Waals surface area contributed by atoms with Gasteiger partial charge in [0.1, 0.15) is 5.69 Å². The fourth-order valence-electron chi connectivity index (χ4n) is 2.18. The molecule has 20 heavy (non-hydrogen) atoms. The maximum absolute atomic E-state index is 5.29. The van der Waals surface area contributed by atoms with E-state index in [0.717, 1.165) is 12.3 Å². The molecule has 1 aliphatic carbocycles. The van der Waals surface area contributed by atoms with Crippen molar-refractivity contribution in [3.8, 4) is 17.4 Å². The van der Waals surface area contributed by atoms with E-state index in [1.54, 1.807) is 19.2 Å². The molecule has 1 saturated carbocycles. The number of rotatable bonds is 6. The Hall–Kier alpha value is -2.02. The van der Waals surface area contributed by atoms with Crippen molar-refractivity contribution >= 4 is 0 Å². The highest BCUT2D eigenvalue weighted by Crippen LogP contribution is 2.33. The number of hydrogen-bond acceptors (Lipinski definition) is 7. The third-order valence-electron chi connectivity index (χ3n) is 3.50. The summed E-state index contributed by atoms with van der Waals surface area (Å²) in [6, 6.07) is 3.89. The first-order valence-electron chi connectivity index (χ1n) is 6.68. The lowest BCUT2D eigenvalue weighted by molar-refractivity contribution is 0.352. The Bertz CT molecular complexity index is 564. The smallest absolute Gasteiger partial charge is 0.233 e. The molecule has 0 aromatic carbocycles. The van der Waals surface area contributed by atoms with E-state index in [9.17, 15) is 0 Å². The number of ether oxygens (including phenoxy) is 1. The summed E-state index contributed by atoms with van der Waals surface area (Å²) < 4.78 is 10.3. The quantitative estimate of drug-likeness (QED) is 0.844. The Morgan fingerprint density at radius 3 is 2.85 bits per heavy atom. The predicted molar refractivity (Wildman–Crippen MR) is 71.2 cm³/mol. The lowest BCUT2D eigenvalue weighted by Crippen LogP contribution is -2.29. The molecule has 7 heteroatoms. The standard InChI is InChI=1S/C13H17N5O2/c1-14-10(8-3-4-8)7-12-15-13(18-20-12)9-5-6-11(19-2)17-16-9/h5-6,8,10,14H,3-4,7H2,1-2H3. The van der Waals surface area contributed by atoms with Crippen molar-refractivity contribution in [3.05, 3.63) is 18.0 Å². The SMILES string of the molecule is CNC(Cc1nc(-c2ccc(OC)nn2)no1)C1CC1. The fraction of sp³-hybridized carbons (Fsp3) is 0.538. The molecule has 2 heterocycles. The van der Waals surface area contributed by atoms with Crippen molar-refractivity contribution < 1.29 is 9.26 Å². The van der Waals surface area contributed by atoms with Crippen molar-refractivity contribution in [2.75, 3.05) is 14.2 Å². The molecule has 7 nitrogen and oxygen atoms in total. The zero-order valence-electron chi connectivity index (χ0n) is 11.5. The van der Waals surface area contributed by atoms with Gasteiger partial charge in [-0.3, -0.25) is 0 Å². The van der Waals surface area contributed by atoms with Crippen molar-refractivity contribution in [3.63, 3.8) is 0 Å². The molecule has 0 radical (unpaired) electrons. The van der Waals surface area contributed by atoms with Crippen molar-refractivity contribution in [2.24, 2.45) is 5.92 Å². The van der Waals surface area contributed by atoms with Gasteiger partial charge in [-0.2, -0.15) is 4.98 Å². The van der Waals surface area contributed by atoms with Crippen LogP contribution in [0, 0.1) is 5.92 Å². The van der Waals surface area contributed by atoms with Crippen molar-refractivity contribution in [1.82, 2.24) is 25.7 Å². The second-order valence-corrected chi connectivity index (χ2v) is 4.91. The van der Waals surface area contributed by atoms with Gasteiger partial charge >= 0.3 is 0 Å². The second kappa shape index (κ2) is 5.54. The molecular weight excluding hydrogens is 258 g/mol. The van der Waals surface area contributed by atoms with Crippen LogP contribution < -0.4 is 10.1 Å². The summed E-state index contributed by atoms with van der Waals surface area (Å²) >= 11 is 0. The van der Waals surface area contributed by atoms with Crippen molar-refractivity contribution in [1.29, 1.82) is 0 Å². The summed E-state index contributed by atoms with van der Waals surface area (Å²) in [7, 11) is 3.52. The third kappa shape index (κ3) is 2.77. The number of hydrogen-bond donors (Lipinski definition) is 1. The molecule has 1 aliphatic rings. The van der Waals surface area contributed by atoms with Crippen LogP contribution in [0.15, 0.2) is 16.7 Å². The van der Waals surface area contributed by atoms with E-state index in [0.29, 0.717) is 29.3 Å². The number of nitrogens with zero attached hydrogens (tertiary/aromatic N) is 4. The summed E-state index contributed by atoms with van der Waals surface area (Å²) in [4.78, 5) is 4.37. The molecule has 1 unspecified atom stereocenters. The lowest BCUT2D eigenvalue weighted by Gasteiger charge is -2.11. The minimum atomic E-state index is 0.408. The number of nitrogens with one attached hydrogen (secondary N) is 1. The molecule has 106 valence electrons.